The number of hydrogen-bond acceptors (Lipinski definition) is 3. The monoisotopic (exact) mass is 302 g/mol. The van der Waals surface area contributed by atoms with E-state index in [1.165, 1.54) is 4.90 Å². The second-order valence-electron chi connectivity index (χ2n) is 3.83. The van der Waals surface area contributed by atoms with Crippen LogP contribution in [0.15, 0.2) is 29.2 Å². The topological polar surface area (TPSA) is 50.4 Å². The van der Waals surface area contributed by atoms with E-state index in [1.807, 2.05) is 24.3 Å². The smallest absolute Gasteiger partial charge is 0.314 e. The molecule has 0 saturated heterocycles. The highest BCUT2D eigenvalue weighted by atomic mass is 35.5. The molecule has 2 N–H and O–H groups in total. The van der Waals surface area contributed by atoms with Crippen LogP contribution in [0.25, 0.3) is 0 Å². The number of urea groups is 1. The highest BCUT2D eigenvalue weighted by Gasteiger charge is 1.98. The Kier molecular flexibility index (Phi) is 8.45. The molecule has 0 unspecified atom stereocenters. The fraction of sp³-hybridized carbons (Fsp3) is 0.462. The number of amides is 2. The molecule has 2 amide bonds. The molecule has 106 valence electrons. The lowest BCUT2D eigenvalue weighted by Crippen LogP contribution is -2.37. The highest BCUT2D eigenvalue weighted by molar-refractivity contribution is 7.99. The Morgan fingerprint density at radius 1 is 1.26 bits per heavy atom. The Labute approximate surface area is 123 Å². The van der Waals surface area contributed by atoms with E-state index in [1.54, 1.807) is 18.9 Å². The molecule has 0 atom stereocenters. The Balaban J connectivity index is 2.01. The van der Waals surface area contributed by atoms with Gasteiger partial charge in [0.1, 0.15) is 0 Å². The number of carbonyl (C=O) groups is 1. The average Bonchev–Trinajstić information content (AvgIpc) is 2.41. The number of thioether (sulfide) groups is 1. The summed E-state index contributed by atoms with van der Waals surface area (Å²) in [5, 5.41) is 6.25. The second-order valence-corrected chi connectivity index (χ2v) is 5.44. The minimum Gasteiger partial charge on any atom is -0.383 e. The molecule has 1 aromatic rings. The van der Waals surface area contributed by atoms with Crippen LogP contribution in [-0.4, -0.2) is 38.6 Å². The first kappa shape index (κ1) is 16.1. The molecule has 0 spiro atoms. The predicted molar refractivity (Wildman–Crippen MR) is 80.1 cm³/mol. The number of ether oxygens (including phenoxy) is 1. The zero-order chi connectivity index (χ0) is 13.9. The van der Waals surface area contributed by atoms with Gasteiger partial charge in [-0.3, -0.25) is 0 Å². The van der Waals surface area contributed by atoms with Crippen LogP contribution in [0.3, 0.4) is 0 Å². The minimum atomic E-state index is -0.145. The van der Waals surface area contributed by atoms with Gasteiger partial charge in [0.2, 0.25) is 0 Å². The van der Waals surface area contributed by atoms with Gasteiger partial charge in [0.05, 0.1) is 6.61 Å². The van der Waals surface area contributed by atoms with Crippen LogP contribution in [0.4, 0.5) is 4.79 Å². The molecule has 0 bridgehead atoms. The Bertz CT molecular complexity index is 373. The van der Waals surface area contributed by atoms with Gasteiger partial charge in [0, 0.05) is 30.1 Å². The van der Waals surface area contributed by atoms with Gasteiger partial charge < -0.3 is 15.4 Å². The normalized spacial score (nSPS) is 10.2. The van der Waals surface area contributed by atoms with Gasteiger partial charge in [-0.25, -0.2) is 4.79 Å². The van der Waals surface area contributed by atoms with Crippen molar-refractivity contribution in [3.8, 4) is 0 Å². The number of methoxy groups -OCH3 is 1. The standard InChI is InChI=1S/C13H19ClN2O2S/c1-18-9-8-16-13(17)15-7-2-10-19-12-5-3-11(14)4-6-12/h3-6H,2,7-10H2,1H3,(H2,15,16,17). The van der Waals surface area contributed by atoms with Crippen molar-refractivity contribution in [1.29, 1.82) is 0 Å². The number of nitrogens with one attached hydrogen (secondary N) is 2. The second kappa shape index (κ2) is 9.95. The molecule has 0 aliphatic rings. The predicted octanol–water partition coefficient (Wildman–Crippen LogP) is 2.77. The lowest BCUT2D eigenvalue weighted by Gasteiger charge is -2.07. The van der Waals surface area contributed by atoms with E-state index in [-0.39, 0.29) is 6.03 Å². The zero-order valence-corrected chi connectivity index (χ0v) is 12.5. The van der Waals surface area contributed by atoms with E-state index in [0.29, 0.717) is 19.7 Å². The van der Waals surface area contributed by atoms with Crippen LogP contribution in [0.1, 0.15) is 6.42 Å². The number of benzene rings is 1. The molecule has 0 radical (unpaired) electrons. The lowest BCUT2D eigenvalue weighted by atomic mass is 10.4. The van der Waals surface area contributed by atoms with Crippen LogP contribution >= 0.6 is 23.4 Å². The molecule has 6 heteroatoms. The van der Waals surface area contributed by atoms with E-state index < -0.39 is 0 Å². The molecule has 19 heavy (non-hydrogen) atoms. The number of halogens is 1. The summed E-state index contributed by atoms with van der Waals surface area (Å²) >= 11 is 7.56. The maximum atomic E-state index is 11.3. The SMILES string of the molecule is COCCNC(=O)NCCCSc1ccc(Cl)cc1. The number of carbonyl (C=O) groups excluding carboxylic acids is 1. The molecule has 0 heterocycles. The van der Waals surface area contributed by atoms with Crippen molar-refractivity contribution in [1.82, 2.24) is 10.6 Å². The maximum absolute atomic E-state index is 11.3. The number of hydrogen-bond donors (Lipinski definition) is 2. The molecule has 1 aromatic carbocycles. The van der Waals surface area contributed by atoms with E-state index in [2.05, 4.69) is 10.6 Å². The van der Waals surface area contributed by atoms with Crippen LogP contribution in [0, 0.1) is 0 Å². The van der Waals surface area contributed by atoms with Crippen LogP contribution in [0.2, 0.25) is 5.02 Å². The summed E-state index contributed by atoms with van der Waals surface area (Å²) in [4.78, 5) is 12.5. The fourth-order valence-corrected chi connectivity index (χ4v) is 2.30. The Morgan fingerprint density at radius 2 is 1.95 bits per heavy atom. The summed E-state index contributed by atoms with van der Waals surface area (Å²) in [7, 11) is 1.60. The summed E-state index contributed by atoms with van der Waals surface area (Å²) in [6.45, 7) is 1.72. The first-order valence-electron chi connectivity index (χ1n) is 6.11. The molecule has 0 aromatic heterocycles. The van der Waals surface area contributed by atoms with E-state index in [9.17, 15) is 4.79 Å². The molecule has 1 rings (SSSR count). The molecule has 0 aliphatic heterocycles. The van der Waals surface area contributed by atoms with Gasteiger partial charge in [-0.15, -0.1) is 11.8 Å². The van der Waals surface area contributed by atoms with E-state index in [0.717, 1.165) is 17.2 Å². The van der Waals surface area contributed by atoms with Crippen molar-refractivity contribution >= 4 is 29.4 Å². The summed E-state index contributed by atoms with van der Waals surface area (Å²) in [6.07, 6.45) is 0.922. The van der Waals surface area contributed by atoms with Crippen molar-refractivity contribution in [2.75, 3.05) is 32.6 Å². The largest absolute Gasteiger partial charge is 0.383 e. The van der Waals surface area contributed by atoms with Gasteiger partial charge in [-0.1, -0.05) is 11.6 Å². The summed E-state index contributed by atoms with van der Waals surface area (Å²) < 4.78 is 4.84. The molecular weight excluding hydrogens is 284 g/mol. The van der Waals surface area contributed by atoms with Crippen molar-refractivity contribution in [3.63, 3.8) is 0 Å². The van der Waals surface area contributed by atoms with Crippen LogP contribution in [-0.2, 0) is 4.74 Å². The fourth-order valence-electron chi connectivity index (χ4n) is 1.32. The third-order valence-electron chi connectivity index (χ3n) is 2.28. The molecular formula is C13H19ClN2O2S. The summed E-state index contributed by atoms with van der Waals surface area (Å²) in [6, 6.07) is 7.61. The zero-order valence-electron chi connectivity index (χ0n) is 10.9. The first-order valence-corrected chi connectivity index (χ1v) is 7.47. The van der Waals surface area contributed by atoms with Crippen molar-refractivity contribution < 1.29 is 9.53 Å². The van der Waals surface area contributed by atoms with Crippen molar-refractivity contribution in [2.24, 2.45) is 0 Å². The molecule has 0 aliphatic carbocycles. The summed E-state index contributed by atoms with van der Waals surface area (Å²) in [5.41, 5.74) is 0. The molecule has 0 saturated carbocycles. The van der Waals surface area contributed by atoms with Crippen LogP contribution < -0.4 is 10.6 Å². The van der Waals surface area contributed by atoms with Gasteiger partial charge in [-0.05, 0) is 36.4 Å². The Hall–Kier alpha value is -0.910. The highest BCUT2D eigenvalue weighted by Crippen LogP contribution is 2.20. The van der Waals surface area contributed by atoms with Crippen LogP contribution in [0.5, 0.6) is 0 Å². The third-order valence-corrected chi connectivity index (χ3v) is 3.63. The lowest BCUT2D eigenvalue weighted by molar-refractivity contribution is 0.196. The van der Waals surface area contributed by atoms with Gasteiger partial charge in [-0.2, -0.15) is 0 Å². The van der Waals surface area contributed by atoms with E-state index in [4.69, 9.17) is 16.3 Å². The maximum Gasteiger partial charge on any atom is 0.314 e. The Morgan fingerprint density at radius 3 is 2.63 bits per heavy atom. The van der Waals surface area contributed by atoms with Crippen molar-refractivity contribution in [2.45, 2.75) is 11.3 Å². The molecule has 0 fully saturated rings. The average molecular weight is 303 g/mol. The van der Waals surface area contributed by atoms with Gasteiger partial charge >= 0.3 is 6.03 Å². The van der Waals surface area contributed by atoms with Gasteiger partial charge in [0.15, 0.2) is 0 Å². The molecule has 4 nitrogen and oxygen atoms in total. The first-order chi connectivity index (χ1) is 9.22. The summed E-state index contributed by atoms with van der Waals surface area (Å²) in [5.74, 6) is 0.958. The number of rotatable bonds is 8. The van der Waals surface area contributed by atoms with Gasteiger partial charge in [0.25, 0.3) is 0 Å². The quantitative estimate of drug-likeness (QED) is 0.573. The third kappa shape index (κ3) is 7.97. The van der Waals surface area contributed by atoms with E-state index >= 15 is 0 Å². The van der Waals surface area contributed by atoms with Crippen molar-refractivity contribution in [3.05, 3.63) is 29.3 Å². The minimum absolute atomic E-state index is 0.145.